The van der Waals surface area contributed by atoms with Crippen molar-refractivity contribution in [3.63, 3.8) is 0 Å². The third-order valence-corrected chi connectivity index (χ3v) is 3.43. The smallest absolute Gasteiger partial charge is 0.231 e. The van der Waals surface area contributed by atoms with Crippen molar-refractivity contribution in [2.24, 2.45) is 5.73 Å². The van der Waals surface area contributed by atoms with Crippen molar-refractivity contribution in [1.29, 1.82) is 0 Å². The summed E-state index contributed by atoms with van der Waals surface area (Å²) in [5, 5.41) is 0. The zero-order valence-electron chi connectivity index (χ0n) is 8.66. The molecule has 2 N–H and O–H groups in total. The lowest BCUT2D eigenvalue weighted by Gasteiger charge is -2.25. The van der Waals surface area contributed by atoms with E-state index in [0.29, 0.717) is 6.79 Å². The largest absolute Gasteiger partial charge is 0.454 e. The summed E-state index contributed by atoms with van der Waals surface area (Å²) in [6.07, 6.45) is 4.52. The van der Waals surface area contributed by atoms with Crippen molar-refractivity contribution < 1.29 is 9.47 Å². The molecule has 80 valence electrons. The van der Waals surface area contributed by atoms with Gasteiger partial charge in [0.2, 0.25) is 6.79 Å². The maximum absolute atomic E-state index is 6.42. The molecule has 0 amide bonds. The van der Waals surface area contributed by atoms with Gasteiger partial charge in [-0.15, -0.1) is 0 Å². The average Bonchev–Trinajstić information content (AvgIpc) is 2.85. The molecule has 1 heterocycles. The Bertz CT molecular complexity index is 383. The summed E-state index contributed by atoms with van der Waals surface area (Å²) in [5.41, 5.74) is 7.34. The van der Waals surface area contributed by atoms with Gasteiger partial charge >= 0.3 is 0 Å². The first-order valence-corrected chi connectivity index (χ1v) is 5.48. The molecule has 0 bridgehead atoms. The average molecular weight is 205 g/mol. The van der Waals surface area contributed by atoms with Crippen molar-refractivity contribution in [3.05, 3.63) is 23.8 Å². The van der Waals surface area contributed by atoms with Crippen LogP contribution in [-0.2, 0) is 5.54 Å². The molecule has 0 spiro atoms. The lowest BCUT2D eigenvalue weighted by molar-refractivity contribution is 0.172. The minimum Gasteiger partial charge on any atom is -0.454 e. The molecule has 1 fully saturated rings. The Labute approximate surface area is 89.2 Å². The molecule has 0 atom stereocenters. The van der Waals surface area contributed by atoms with Gasteiger partial charge < -0.3 is 15.2 Å². The first-order valence-electron chi connectivity index (χ1n) is 5.48. The van der Waals surface area contributed by atoms with Gasteiger partial charge in [-0.2, -0.15) is 0 Å². The van der Waals surface area contributed by atoms with Crippen LogP contribution in [0, 0.1) is 0 Å². The van der Waals surface area contributed by atoms with Crippen LogP contribution in [0.25, 0.3) is 0 Å². The minimum absolute atomic E-state index is 0.195. The number of nitrogens with two attached hydrogens (primary N) is 1. The van der Waals surface area contributed by atoms with Crippen LogP contribution in [0.5, 0.6) is 11.5 Å². The van der Waals surface area contributed by atoms with Gasteiger partial charge in [0, 0.05) is 11.1 Å². The zero-order chi connectivity index (χ0) is 10.3. The third kappa shape index (κ3) is 1.30. The van der Waals surface area contributed by atoms with Gasteiger partial charge in [-0.3, -0.25) is 0 Å². The van der Waals surface area contributed by atoms with Gasteiger partial charge in [0.25, 0.3) is 0 Å². The van der Waals surface area contributed by atoms with E-state index < -0.39 is 0 Å². The fraction of sp³-hybridized carbons (Fsp3) is 0.500. The number of benzene rings is 1. The Morgan fingerprint density at radius 2 is 1.93 bits per heavy atom. The molecule has 0 aromatic heterocycles. The Kier molecular flexibility index (Phi) is 1.89. The van der Waals surface area contributed by atoms with E-state index >= 15 is 0 Å². The molecule has 0 unspecified atom stereocenters. The first-order chi connectivity index (χ1) is 7.30. The van der Waals surface area contributed by atoms with Crippen LogP contribution < -0.4 is 15.2 Å². The standard InChI is InChI=1S/C12H15NO2/c13-12(6-1-2-7-12)9-4-3-5-10-11(9)15-8-14-10/h3-5H,1-2,6-8,13H2. The fourth-order valence-electron chi connectivity index (χ4n) is 2.60. The van der Waals surface area contributed by atoms with Crippen molar-refractivity contribution in [1.82, 2.24) is 0 Å². The van der Waals surface area contributed by atoms with Crippen molar-refractivity contribution in [2.45, 2.75) is 31.2 Å². The van der Waals surface area contributed by atoms with Crippen LogP contribution in [0.2, 0.25) is 0 Å². The molecule has 1 aromatic carbocycles. The summed E-state index contributed by atoms with van der Waals surface area (Å²) < 4.78 is 10.9. The Hall–Kier alpha value is -1.22. The monoisotopic (exact) mass is 205 g/mol. The Morgan fingerprint density at radius 3 is 2.73 bits per heavy atom. The second-order valence-electron chi connectivity index (χ2n) is 4.40. The summed E-state index contributed by atoms with van der Waals surface area (Å²) in [5.74, 6) is 1.70. The number of fused-ring (bicyclic) bond motifs is 1. The molecule has 3 rings (SSSR count). The van der Waals surface area contributed by atoms with Crippen LogP contribution in [0.3, 0.4) is 0 Å². The highest BCUT2D eigenvalue weighted by Gasteiger charge is 2.35. The molecule has 2 aliphatic rings. The molecule has 0 radical (unpaired) electrons. The van der Waals surface area contributed by atoms with E-state index in [4.69, 9.17) is 15.2 Å². The van der Waals surface area contributed by atoms with Crippen molar-refractivity contribution in [2.75, 3.05) is 6.79 Å². The van der Waals surface area contributed by atoms with E-state index in [-0.39, 0.29) is 5.54 Å². The lowest BCUT2D eigenvalue weighted by Crippen LogP contribution is -2.33. The van der Waals surface area contributed by atoms with Crippen molar-refractivity contribution in [3.8, 4) is 11.5 Å². The van der Waals surface area contributed by atoms with Gasteiger partial charge in [-0.05, 0) is 18.9 Å². The maximum atomic E-state index is 6.42. The number of hydrogen-bond donors (Lipinski definition) is 1. The quantitative estimate of drug-likeness (QED) is 0.764. The number of ether oxygens (including phenoxy) is 2. The highest BCUT2D eigenvalue weighted by Crippen LogP contribution is 2.45. The molecular weight excluding hydrogens is 190 g/mol. The van der Waals surface area contributed by atoms with E-state index in [0.717, 1.165) is 29.9 Å². The van der Waals surface area contributed by atoms with Gasteiger partial charge in [0.05, 0.1) is 0 Å². The fourth-order valence-corrected chi connectivity index (χ4v) is 2.60. The maximum Gasteiger partial charge on any atom is 0.231 e. The molecule has 3 heteroatoms. The normalized spacial score (nSPS) is 21.9. The predicted octanol–water partition coefficient (Wildman–Crippen LogP) is 2.14. The number of para-hydroxylation sites is 1. The van der Waals surface area contributed by atoms with Crippen LogP contribution in [0.15, 0.2) is 18.2 Å². The molecule has 1 aromatic rings. The third-order valence-electron chi connectivity index (χ3n) is 3.43. The highest BCUT2D eigenvalue weighted by atomic mass is 16.7. The molecule has 1 saturated carbocycles. The van der Waals surface area contributed by atoms with E-state index in [1.807, 2.05) is 12.1 Å². The SMILES string of the molecule is NC1(c2cccc3c2OCO3)CCCC1. The summed E-state index contributed by atoms with van der Waals surface area (Å²) in [4.78, 5) is 0. The van der Waals surface area contributed by atoms with Crippen LogP contribution >= 0.6 is 0 Å². The van der Waals surface area contributed by atoms with Gasteiger partial charge in [0.1, 0.15) is 0 Å². The van der Waals surface area contributed by atoms with Gasteiger partial charge in [-0.1, -0.05) is 25.0 Å². The summed E-state index contributed by atoms with van der Waals surface area (Å²) in [7, 11) is 0. The van der Waals surface area contributed by atoms with Crippen molar-refractivity contribution >= 4 is 0 Å². The van der Waals surface area contributed by atoms with Gasteiger partial charge in [0.15, 0.2) is 11.5 Å². The molecule has 15 heavy (non-hydrogen) atoms. The Morgan fingerprint density at radius 1 is 1.13 bits per heavy atom. The highest BCUT2D eigenvalue weighted by molar-refractivity contribution is 5.51. The van der Waals surface area contributed by atoms with E-state index in [2.05, 4.69) is 6.07 Å². The van der Waals surface area contributed by atoms with Gasteiger partial charge in [-0.25, -0.2) is 0 Å². The first kappa shape index (κ1) is 9.04. The van der Waals surface area contributed by atoms with E-state index in [1.54, 1.807) is 0 Å². The predicted molar refractivity (Wildman–Crippen MR) is 56.9 cm³/mol. The second-order valence-corrected chi connectivity index (χ2v) is 4.40. The van der Waals surface area contributed by atoms with Crippen LogP contribution in [0.1, 0.15) is 31.2 Å². The number of hydrogen-bond acceptors (Lipinski definition) is 3. The molecular formula is C12H15NO2. The van der Waals surface area contributed by atoms with E-state index in [1.165, 1.54) is 12.8 Å². The molecule has 1 aliphatic carbocycles. The summed E-state index contributed by atoms with van der Waals surface area (Å²) in [6, 6.07) is 6.00. The molecule has 1 aliphatic heterocycles. The molecule has 3 nitrogen and oxygen atoms in total. The summed E-state index contributed by atoms with van der Waals surface area (Å²) >= 11 is 0. The van der Waals surface area contributed by atoms with Crippen LogP contribution in [-0.4, -0.2) is 6.79 Å². The van der Waals surface area contributed by atoms with Crippen LogP contribution in [0.4, 0.5) is 0 Å². The lowest BCUT2D eigenvalue weighted by atomic mass is 9.88. The molecule has 0 saturated heterocycles. The topological polar surface area (TPSA) is 44.5 Å². The Balaban J connectivity index is 2.08. The van der Waals surface area contributed by atoms with E-state index in [9.17, 15) is 0 Å². The summed E-state index contributed by atoms with van der Waals surface area (Å²) in [6.45, 7) is 0.322. The minimum atomic E-state index is -0.195. The second kappa shape index (κ2) is 3.14. The number of rotatable bonds is 1. The zero-order valence-corrected chi connectivity index (χ0v) is 8.66.